The first-order chi connectivity index (χ1) is 10.5. The summed E-state index contributed by atoms with van der Waals surface area (Å²) in [5.74, 6) is 0.705. The van der Waals surface area contributed by atoms with Crippen LogP contribution in [0.2, 0.25) is 0 Å². The van der Waals surface area contributed by atoms with Gasteiger partial charge in [-0.2, -0.15) is 0 Å². The topological polar surface area (TPSA) is 58.6 Å². The number of phenolic OH excluding ortho intramolecular Hbond substituents is 1. The Morgan fingerprint density at radius 1 is 1.27 bits per heavy atom. The smallest absolute Gasteiger partial charge is 0.224 e. The molecule has 0 heterocycles. The van der Waals surface area contributed by atoms with Crippen molar-refractivity contribution in [1.82, 2.24) is 0 Å². The van der Waals surface area contributed by atoms with Gasteiger partial charge in [-0.15, -0.1) is 0 Å². The van der Waals surface area contributed by atoms with Crippen molar-refractivity contribution in [2.24, 2.45) is 0 Å². The maximum absolute atomic E-state index is 12.0. The number of amides is 1. The molecule has 2 aromatic carbocycles. The van der Waals surface area contributed by atoms with E-state index in [1.165, 1.54) is 0 Å². The molecule has 0 aliphatic carbocycles. The lowest BCUT2D eigenvalue weighted by atomic mass is 10.1. The van der Waals surface area contributed by atoms with Gasteiger partial charge in [0.1, 0.15) is 11.5 Å². The van der Waals surface area contributed by atoms with Crippen molar-refractivity contribution in [1.29, 1.82) is 0 Å². The predicted octanol–water partition coefficient (Wildman–Crippen LogP) is 4.04. The van der Waals surface area contributed by atoms with E-state index < -0.39 is 0 Å². The first-order valence-electron chi connectivity index (χ1n) is 6.91. The summed E-state index contributed by atoms with van der Waals surface area (Å²) in [5, 5.41) is 12.5. The molecule has 0 aromatic heterocycles. The summed E-state index contributed by atoms with van der Waals surface area (Å²) in [5.41, 5.74) is 2.46. The van der Waals surface area contributed by atoms with Crippen LogP contribution in [0.25, 0.3) is 0 Å². The van der Waals surface area contributed by atoms with Gasteiger partial charge in [-0.1, -0.05) is 12.1 Å². The number of anilines is 1. The number of rotatable bonds is 5. The summed E-state index contributed by atoms with van der Waals surface area (Å²) in [7, 11) is 1.61. The van der Waals surface area contributed by atoms with Crippen LogP contribution in [0, 0.1) is 6.92 Å². The molecule has 116 valence electrons. The Morgan fingerprint density at radius 2 is 2.05 bits per heavy atom. The van der Waals surface area contributed by atoms with E-state index in [4.69, 9.17) is 4.74 Å². The zero-order valence-corrected chi connectivity index (χ0v) is 14.1. The highest BCUT2D eigenvalue weighted by atomic mass is 79.9. The molecule has 0 saturated carbocycles. The van der Waals surface area contributed by atoms with Gasteiger partial charge in [-0.25, -0.2) is 0 Å². The molecule has 4 nitrogen and oxygen atoms in total. The summed E-state index contributed by atoms with van der Waals surface area (Å²) < 4.78 is 6.04. The molecular weight excluding hydrogens is 346 g/mol. The lowest BCUT2D eigenvalue weighted by Crippen LogP contribution is -2.12. The second-order valence-electron chi connectivity index (χ2n) is 5.04. The second kappa shape index (κ2) is 7.31. The lowest BCUT2D eigenvalue weighted by Gasteiger charge is -2.09. The fourth-order valence-electron chi connectivity index (χ4n) is 2.09. The van der Waals surface area contributed by atoms with Gasteiger partial charge in [0.15, 0.2) is 0 Å². The molecule has 0 aliphatic heterocycles. The zero-order chi connectivity index (χ0) is 16.1. The van der Waals surface area contributed by atoms with Crippen molar-refractivity contribution in [3.8, 4) is 11.5 Å². The molecule has 0 atom stereocenters. The van der Waals surface area contributed by atoms with Crippen LogP contribution in [0.1, 0.15) is 17.5 Å². The van der Waals surface area contributed by atoms with E-state index in [9.17, 15) is 9.90 Å². The number of carbonyl (C=O) groups is 1. The van der Waals surface area contributed by atoms with Crippen molar-refractivity contribution in [3.63, 3.8) is 0 Å². The number of halogens is 1. The Kier molecular flexibility index (Phi) is 5.44. The molecular formula is C17H18BrNO3. The third-order valence-electron chi connectivity index (χ3n) is 3.28. The maximum atomic E-state index is 12.0. The Hall–Kier alpha value is -2.01. The van der Waals surface area contributed by atoms with Crippen molar-refractivity contribution in [3.05, 3.63) is 52.0 Å². The number of benzene rings is 2. The fourth-order valence-corrected chi connectivity index (χ4v) is 2.67. The third-order valence-corrected chi connectivity index (χ3v) is 3.90. The molecule has 0 unspecified atom stereocenters. The number of carbonyl (C=O) groups excluding carboxylic acids is 1. The van der Waals surface area contributed by atoms with Crippen molar-refractivity contribution >= 4 is 27.5 Å². The minimum Gasteiger partial charge on any atom is -0.506 e. The quantitative estimate of drug-likeness (QED) is 0.788. The molecule has 0 fully saturated rings. The van der Waals surface area contributed by atoms with Gasteiger partial charge in [-0.3, -0.25) is 4.79 Å². The third kappa shape index (κ3) is 4.24. The van der Waals surface area contributed by atoms with Crippen LogP contribution >= 0.6 is 15.9 Å². The second-order valence-corrected chi connectivity index (χ2v) is 5.89. The van der Waals surface area contributed by atoms with E-state index in [1.807, 2.05) is 25.1 Å². The number of nitrogens with one attached hydrogen (secondary N) is 1. The maximum Gasteiger partial charge on any atom is 0.224 e. The summed E-state index contributed by atoms with van der Waals surface area (Å²) in [6, 6.07) is 10.9. The average molecular weight is 364 g/mol. The van der Waals surface area contributed by atoms with Crippen LogP contribution in [-0.2, 0) is 11.2 Å². The molecule has 5 heteroatoms. The van der Waals surface area contributed by atoms with E-state index in [2.05, 4.69) is 21.2 Å². The largest absolute Gasteiger partial charge is 0.506 e. The molecule has 0 saturated heterocycles. The summed E-state index contributed by atoms with van der Waals surface area (Å²) in [6.45, 7) is 1.91. The molecule has 0 radical (unpaired) electrons. The van der Waals surface area contributed by atoms with E-state index in [0.717, 1.165) is 21.3 Å². The number of ether oxygens (including phenoxy) is 1. The van der Waals surface area contributed by atoms with Gasteiger partial charge >= 0.3 is 0 Å². The molecule has 2 rings (SSSR count). The Morgan fingerprint density at radius 3 is 2.73 bits per heavy atom. The van der Waals surface area contributed by atoms with Crippen LogP contribution < -0.4 is 10.1 Å². The highest BCUT2D eigenvalue weighted by Gasteiger charge is 2.08. The predicted molar refractivity (Wildman–Crippen MR) is 90.5 cm³/mol. The number of methoxy groups -OCH3 is 1. The SMILES string of the molecule is COc1ccc(CCC(=O)Nc2cc(C)ccc2O)cc1Br. The van der Waals surface area contributed by atoms with Crippen LogP contribution in [0.15, 0.2) is 40.9 Å². The van der Waals surface area contributed by atoms with Gasteiger partial charge in [-0.05, 0) is 64.7 Å². The molecule has 0 bridgehead atoms. The highest BCUT2D eigenvalue weighted by Crippen LogP contribution is 2.26. The molecule has 2 aromatic rings. The fraction of sp³-hybridized carbons (Fsp3) is 0.235. The Balaban J connectivity index is 1.95. The van der Waals surface area contributed by atoms with Crippen LogP contribution in [-0.4, -0.2) is 18.1 Å². The van der Waals surface area contributed by atoms with Gasteiger partial charge in [0.25, 0.3) is 0 Å². The first kappa shape index (κ1) is 16.4. The minimum absolute atomic E-state index is 0.0751. The number of hydrogen-bond donors (Lipinski definition) is 2. The number of phenols is 1. The molecule has 0 spiro atoms. The standard InChI is InChI=1S/C17H18BrNO3/c1-11-3-6-15(20)14(9-11)19-17(21)8-5-12-4-7-16(22-2)13(18)10-12/h3-4,6-7,9-10,20H,5,8H2,1-2H3,(H,19,21). The Labute approximate surface area is 138 Å². The van der Waals surface area contributed by atoms with Crippen LogP contribution in [0.5, 0.6) is 11.5 Å². The monoisotopic (exact) mass is 363 g/mol. The zero-order valence-electron chi connectivity index (χ0n) is 12.5. The minimum atomic E-state index is -0.132. The highest BCUT2D eigenvalue weighted by molar-refractivity contribution is 9.10. The summed E-state index contributed by atoms with van der Waals surface area (Å²) in [4.78, 5) is 12.0. The summed E-state index contributed by atoms with van der Waals surface area (Å²) >= 11 is 3.43. The van der Waals surface area contributed by atoms with Crippen molar-refractivity contribution < 1.29 is 14.6 Å². The van der Waals surface area contributed by atoms with Crippen molar-refractivity contribution in [2.45, 2.75) is 19.8 Å². The van der Waals surface area contributed by atoms with E-state index in [1.54, 1.807) is 25.3 Å². The average Bonchev–Trinajstić information content (AvgIpc) is 2.49. The number of hydrogen-bond acceptors (Lipinski definition) is 3. The summed E-state index contributed by atoms with van der Waals surface area (Å²) in [6.07, 6.45) is 0.952. The van der Waals surface area contributed by atoms with E-state index in [0.29, 0.717) is 18.5 Å². The number of aromatic hydroxyl groups is 1. The first-order valence-corrected chi connectivity index (χ1v) is 7.71. The number of aryl methyl sites for hydroxylation is 2. The van der Waals surface area contributed by atoms with Crippen molar-refractivity contribution in [2.75, 3.05) is 12.4 Å². The van der Waals surface area contributed by atoms with E-state index in [-0.39, 0.29) is 11.7 Å². The Bertz CT molecular complexity index is 686. The van der Waals surface area contributed by atoms with Gasteiger partial charge < -0.3 is 15.2 Å². The van der Waals surface area contributed by atoms with Crippen LogP contribution in [0.4, 0.5) is 5.69 Å². The van der Waals surface area contributed by atoms with E-state index >= 15 is 0 Å². The normalized spacial score (nSPS) is 10.3. The van der Waals surface area contributed by atoms with Crippen LogP contribution in [0.3, 0.4) is 0 Å². The molecule has 0 aliphatic rings. The van der Waals surface area contributed by atoms with Gasteiger partial charge in [0.05, 0.1) is 17.3 Å². The molecule has 22 heavy (non-hydrogen) atoms. The lowest BCUT2D eigenvalue weighted by molar-refractivity contribution is -0.116. The molecule has 2 N–H and O–H groups in total. The molecule has 1 amide bonds. The van der Waals surface area contributed by atoms with Gasteiger partial charge in [0, 0.05) is 6.42 Å². The van der Waals surface area contributed by atoms with Gasteiger partial charge in [0.2, 0.25) is 5.91 Å².